The molecule has 6 aromatic carbocycles. The van der Waals surface area contributed by atoms with Crippen LogP contribution in [0.4, 0.5) is 0 Å². The summed E-state index contributed by atoms with van der Waals surface area (Å²) >= 11 is 0. The van der Waals surface area contributed by atoms with E-state index in [4.69, 9.17) is 14.6 Å². The fourth-order valence-corrected chi connectivity index (χ4v) is 8.16. The number of aromatic nitrogens is 3. The zero-order chi connectivity index (χ0) is 52.8. The molecule has 1 N–H and O–H groups in total. The van der Waals surface area contributed by atoms with E-state index in [-0.39, 0.29) is 72.3 Å². The monoisotopic (exact) mass is 1050 g/mol. The Morgan fingerprint density at radius 1 is 0.615 bits per heavy atom. The van der Waals surface area contributed by atoms with Crippen molar-refractivity contribution in [2.24, 2.45) is 0 Å². The first-order valence-electron chi connectivity index (χ1n) is 26.3. The largest absolute Gasteiger partial charge is 0.507 e. The molecule has 0 spiro atoms. The molecule has 2 heterocycles. The number of phenols is 1. The average Bonchev–Trinajstić information content (AvgIpc) is 3.70. The van der Waals surface area contributed by atoms with E-state index >= 15 is 0 Å². The molecule has 0 unspecified atom stereocenters. The molecular formula is C60H64N3OPt-. The quantitative estimate of drug-likeness (QED) is 0.154. The van der Waals surface area contributed by atoms with E-state index in [1.807, 2.05) is 30.3 Å². The summed E-state index contributed by atoms with van der Waals surface area (Å²) in [7, 11) is 0. The number of phenolic OH excluding ortho intramolecular Hbond substituents is 1. The summed E-state index contributed by atoms with van der Waals surface area (Å²) < 4.78 is 71.9. The first-order chi connectivity index (χ1) is 33.5. The molecule has 336 valence electrons. The van der Waals surface area contributed by atoms with E-state index in [9.17, 15) is 6.48 Å². The van der Waals surface area contributed by atoms with Gasteiger partial charge in [-0.1, -0.05) is 186 Å². The number of hydrogen-bond acceptors (Lipinski definition) is 3. The standard InChI is InChI=1S/C60H64N3O.Pt/c1-37(2)42-33-49(38(3)4)56(64)51(34-42)57-62-55-48(43-30-44(32-47(31-43)60(11,12)13)52-35-41(28-29-61-52)39-18-15-14-16-19-39)20-17-21-54(55)63(57)53-27-26-46(59(8,9)10)36-50(53)40-22-24-45(25-23-40)58(5,6)7;/h14-29,31-38,64H,1-13H3;/q-1;/i14D,15D,16D,18D,19D,28D,29D,35D;. The van der Waals surface area contributed by atoms with Gasteiger partial charge in [-0.2, -0.15) is 0 Å². The van der Waals surface area contributed by atoms with Crippen molar-refractivity contribution in [3.05, 3.63) is 167 Å². The third-order valence-corrected chi connectivity index (χ3v) is 12.2. The zero-order valence-electron chi connectivity index (χ0n) is 47.8. The van der Waals surface area contributed by atoms with E-state index in [0.717, 1.165) is 44.6 Å². The summed E-state index contributed by atoms with van der Waals surface area (Å²) in [6.07, 6.45) is -0.519. The SMILES string of the molecule is [2H]c1nc(-c2[c-]c(-c3cccc4c3nc(-c3cc(C(C)C)cc(C(C)C)c3O)n4-c3ccc(C(C)(C)C)cc3-c3ccc(C(C)(C)C)cc3)cc(C(C)(C)C)c2)c([2H])c(-c2c([2H])c([2H])c([2H])c([2H])c2[2H])c1[2H].[Pt]. The van der Waals surface area contributed by atoms with Crippen molar-refractivity contribution in [2.45, 2.75) is 118 Å². The van der Waals surface area contributed by atoms with Crippen LogP contribution in [0.3, 0.4) is 0 Å². The van der Waals surface area contributed by atoms with Crippen molar-refractivity contribution in [1.29, 1.82) is 0 Å². The second-order valence-corrected chi connectivity index (χ2v) is 20.7. The summed E-state index contributed by atoms with van der Waals surface area (Å²) in [4.78, 5) is 10.0. The van der Waals surface area contributed by atoms with Gasteiger partial charge in [-0.15, -0.1) is 29.3 Å². The minimum absolute atomic E-state index is 0. The van der Waals surface area contributed by atoms with Gasteiger partial charge in [-0.25, -0.2) is 4.98 Å². The minimum Gasteiger partial charge on any atom is -0.507 e. The molecule has 4 nitrogen and oxygen atoms in total. The van der Waals surface area contributed by atoms with Crippen LogP contribution in [0.5, 0.6) is 5.75 Å². The predicted octanol–water partition coefficient (Wildman–Crippen LogP) is 16.4. The number of rotatable bonds is 8. The van der Waals surface area contributed by atoms with Crippen LogP contribution in [-0.2, 0) is 37.3 Å². The molecule has 0 atom stereocenters. The Bertz CT molecular complexity index is 3440. The third kappa shape index (κ3) is 9.57. The molecule has 8 rings (SSSR count). The van der Waals surface area contributed by atoms with Crippen LogP contribution in [-0.4, -0.2) is 19.6 Å². The molecule has 0 amide bonds. The van der Waals surface area contributed by atoms with Crippen LogP contribution in [0.15, 0.2) is 133 Å². The number of nitrogens with zero attached hydrogens (tertiary/aromatic N) is 3. The zero-order valence-corrected chi connectivity index (χ0v) is 42.1. The number of para-hydroxylation sites is 1. The van der Waals surface area contributed by atoms with Gasteiger partial charge in [0, 0.05) is 38.5 Å². The fourth-order valence-electron chi connectivity index (χ4n) is 8.16. The molecule has 0 radical (unpaired) electrons. The fraction of sp³-hybridized carbons (Fsp3) is 0.300. The molecule has 5 heteroatoms. The Kier molecular flexibility index (Phi) is 10.4. The second-order valence-electron chi connectivity index (χ2n) is 20.7. The van der Waals surface area contributed by atoms with Crippen molar-refractivity contribution < 1.29 is 37.1 Å². The van der Waals surface area contributed by atoms with Crippen LogP contribution >= 0.6 is 0 Å². The number of aromatic hydroxyl groups is 1. The Labute approximate surface area is 413 Å². The summed E-state index contributed by atoms with van der Waals surface area (Å²) in [6, 6.07) is 29.1. The second kappa shape index (κ2) is 18.0. The molecule has 0 aliphatic carbocycles. The molecule has 0 saturated carbocycles. The van der Waals surface area contributed by atoms with E-state index in [1.165, 1.54) is 5.56 Å². The molecule has 0 bridgehead atoms. The summed E-state index contributed by atoms with van der Waals surface area (Å²) in [5, 5.41) is 12.4. The van der Waals surface area contributed by atoms with Gasteiger partial charge in [0.05, 0.1) is 33.3 Å². The van der Waals surface area contributed by atoms with Crippen LogP contribution < -0.4 is 0 Å². The maximum absolute atomic E-state index is 12.4. The summed E-state index contributed by atoms with van der Waals surface area (Å²) in [5.74, 6) is 0.866. The number of hydrogen-bond donors (Lipinski definition) is 1. The third-order valence-electron chi connectivity index (χ3n) is 12.2. The smallest absolute Gasteiger partial charge is 0.148 e. The summed E-state index contributed by atoms with van der Waals surface area (Å²) in [6.45, 7) is 27.9. The normalized spacial score (nSPS) is 14.0. The Morgan fingerprint density at radius 3 is 1.89 bits per heavy atom. The Hall–Kier alpha value is -5.57. The number of fused-ring (bicyclic) bond motifs is 1. The average molecular weight is 1050 g/mol. The van der Waals surface area contributed by atoms with Crippen molar-refractivity contribution in [3.8, 4) is 67.5 Å². The van der Waals surface area contributed by atoms with Crippen LogP contribution in [0, 0.1) is 6.07 Å². The van der Waals surface area contributed by atoms with Gasteiger partial charge in [0.15, 0.2) is 0 Å². The molecule has 0 fully saturated rings. The molecule has 0 saturated heterocycles. The van der Waals surface area contributed by atoms with Crippen molar-refractivity contribution in [3.63, 3.8) is 0 Å². The van der Waals surface area contributed by atoms with Gasteiger partial charge in [0.25, 0.3) is 0 Å². The number of imidazole rings is 1. The minimum atomic E-state index is -0.606. The van der Waals surface area contributed by atoms with Crippen molar-refractivity contribution in [1.82, 2.24) is 14.5 Å². The molecule has 8 aromatic rings. The molecule has 0 aliphatic rings. The van der Waals surface area contributed by atoms with Crippen LogP contribution in [0.25, 0.3) is 72.7 Å². The van der Waals surface area contributed by atoms with E-state index < -0.39 is 47.8 Å². The van der Waals surface area contributed by atoms with Crippen molar-refractivity contribution >= 4 is 11.0 Å². The topological polar surface area (TPSA) is 50.9 Å². The molecule has 65 heavy (non-hydrogen) atoms. The number of pyridine rings is 1. The van der Waals surface area contributed by atoms with Crippen LogP contribution in [0.2, 0.25) is 0 Å². The Morgan fingerprint density at radius 2 is 1.26 bits per heavy atom. The first-order valence-corrected chi connectivity index (χ1v) is 22.3. The molecule has 2 aromatic heterocycles. The van der Waals surface area contributed by atoms with Gasteiger partial charge < -0.3 is 5.11 Å². The van der Waals surface area contributed by atoms with Crippen molar-refractivity contribution in [2.75, 3.05) is 0 Å². The number of benzene rings is 6. The maximum atomic E-state index is 12.4. The van der Waals surface area contributed by atoms with E-state index in [2.05, 4.69) is 160 Å². The van der Waals surface area contributed by atoms with E-state index in [1.54, 1.807) is 0 Å². The predicted molar refractivity (Wildman–Crippen MR) is 271 cm³/mol. The van der Waals surface area contributed by atoms with E-state index in [0.29, 0.717) is 33.6 Å². The van der Waals surface area contributed by atoms with Gasteiger partial charge >= 0.3 is 0 Å². The molecule has 0 aliphatic heterocycles. The maximum Gasteiger partial charge on any atom is 0.148 e. The van der Waals surface area contributed by atoms with Gasteiger partial charge in [0.2, 0.25) is 0 Å². The summed E-state index contributed by atoms with van der Waals surface area (Å²) in [5.41, 5.74) is 10.3. The van der Waals surface area contributed by atoms with Gasteiger partial charge in [-0.05, 0) is 97.3 Å². The van der Waals surface area contributed by atoms with Crippen LogP contribution in [0.1, 0.15) is 141 Å². The first kappa shape index (κ1) is 37.6. The molecular weight excluding hydrogens is 974 g/mol. The van der Waals surface area contributed by atoms with Gasteiger partial charge in [-0.3, -0.25) is 9.55 Å². The Balaban J connectivity index is 0.00000780. The van der Waals surface area contributed by atoms with Gasteiger partial charge in [0.1, 0.15) is 11.6 Å².